The quantitative estimate of drug-likeness (QED) is 0.485. The Morgan fingerprint density at radius 1 is 1.08 bits per heavy atom. The van der Waals surface area contributed by atoms with Crippen LogP contribution in [0, 0.1) is 0 Å². The van der Waals surface area contributed by atoms with Crippen molar-refractivity contribution in [1.29, 1.82) is 0 Å². The van der Waals surface area contributed by atoms with Crippen LogP contribution in [-0.2, 0) is 9.59 Å². The van der Waals surface area contributed by atoms with Crippen LogP contribution < -0.4 is 0 Å². The first-order chi connectivity index (χ1) is 5.46. The van der Waals surface area contributed by atoms with Crippen molar-refractivity contribution in [3.05, 3.63) is 21.4 Å². The topological polar surface area (TPSA) is 54.4 Å². The molecule has 0 saturated carbocycles. The molecule has 0 aromatic carbocycles. The lowest BCUT2D eigenvalue weighted by molar-refractivity contribution is -0.131. The minimum Gasteiger partial charge on any atom is -0.506 e. The number of hydrogen-bond donors (Lipinski definition) is 1. The molecule has 0 amide bonds. The molecule has 0 bridgehead atoms. The maximum atomic E-state index is 10.9. The second-order valence-electron chi connectivity index (χ2n) is 2.26. The molecule has 0 radical (unpaired) electrons. The molecule has 0 fully saturated rings. The van der Waals surface area contributed by atoms with Crippen molar-refractivity contribution in [3.8, 4) is 0 Å². The van der Waals surface area contributed by atoms with Crippen LogP contribution in [0.5, 0.6) is 0 Å². The monoisotopic (exact) mass is 206 g/mol. The van der Waals surface area contributed by atoms with E-state index in [0.717, 1.165) is 0 Å². The molecule has 1 aliphatic carbocycles. The van der Waals surface area contributed by atoms with Crippen molar-refractivity contribution in [2.24, 2.45) is 0 Å². The molecule has 0 saturated heterocycles. The number of carbonyl (C=O) groups is 2. The molecule has 0 atom stereocenters. The highest BCUT2D eigenvalue weighted by atomic mass is 35.5. The van der Waals surface area contributed by atoms with Gasteiger partial charge in [0.25, 0.3) is 0 Å². The fraction of sp³-hybridized carbons (Fsp3) is 0.143. The van der Waals surface area contributed by atoms with Gasteiger partial charge in [0, 0.05) is 5.57 Å². The lowest BCUT2D eigenvalue weighted by Crippen LogP contribution is -2.21. The van der Waals surface area contributed by atoms with E-state index in [1.165, 1.54) is 6.92 Å². The highest BCUT2D eigenvalue weighted by molar-refractivity contribution is 6.68. The highest BCUT2D eigenvalue weighted by Crippen LogP contribution is 2.28. The SMILES string of the molecule is CC1=C(Cl)C(=O)C(=O)C(Cl)=C1O. The first-order valence-electron chi connectivity index (χ1n) is 3.01. The molecular weight excluding hydrogens is 203 g/mol. The summed E-state index contributed by atoms with van der Waals surface area (Å²) >= 11 is 10.8. The first-order valence-corrected chi connectivity index (χ1v) is 3.77. The molecule has 0 aromatic rings. The lowest BCUT2D eigenvalue weighted by atomic mass is 10.0. The highest BCUT2D eigenvalue weighted by Gasteiger charge is 2.31. The Kier molecular flexibility index (Phi) is 2.26. The first kappa shape index (κ1) is 9.29. The minimum atomic E-state index is -0.968. The fourth-order valence-corrected chi connectivity index (χ4v) is 1.15. The molecule has 5 heteroatoms. The Morgan fingerprint density at radius 2 is 1.50 bits per heavy atom. The molecule has 64 valence electrons. The van der Waals surface area contributed by atoms with E-state index in [1.54, 1.807) is 0 Å². The predicted molar refractivity (Wildman–Crippen MR) is 44.1 cm³/mol. The second kappa shape index (κ2) is 2.92. The summed E-state index contributed by atoms with van der Waals surface area (Å²) in [4.78, 5) is 21.8. The summed E-state index contributed by atoms with van der Waals surface area (Å²) in [5.41, 5.74) is 0.131. The summed E-state index contributed by atoms with van der Waals surface area (Å²) in [7, 11) is 0. The van der Waals surface area contributed by atoms with E-state index in [2.05, 4.69) is 0 Å². The molecule has 0 aliphatic heterocycles. The third kappa shape index (κ3) is 1.15. The van der Waals surface area contributed by atoms with Crippen LogP contribution in [0.15, 0.2) is 21.4 Å². The number of Topliss-reactive ketones (excluding diaryl/α,β-unsaturated/α-hetero) is 2. The molecule has 0 spiro atoms. The van der Waals surface area contributed by atoms with Crippen molar-refractivity contribution < 1.29 is 14.7 Å². The van der Waals surface area contributed by atoms with Crippen molar-refractivity contribution >= 4 is 34.8 Å². The molecule has 3 nitrogen and oxygen atoms in total. The number of ketones is 2. The zero-order valence-corrected chi connectivity index (χ0v) is 7.53. The Morgan fingerprint density at radius 3 is 2.00 bits per heavy atom. The van der Waals surface area contributed by atoms with Gasteiger partial charge in [-0.1, -0.05) is 23.2 Å². The van der Waals surface area contributed by atoms with Gasteiger partial charge in [-0.2, -0.15) is 0 Å². The number of rotatable bonds is 0. The zero-order valence-electron chi connectivity index (χ0n) is 6.02. The number of allylic oxidation sites excluding steroid dienone is 3. The Bertz CT molecular complexity index is 289. The van der Waals surface area contributed by atoms with Gasteiger partial charge < -0.3 is 5.11 Å². The molecule has 1 rings (SSSR count). The minimum absolute atomic E-state index is 0.131. The molecule has 0 aromatic heterocycles. The Balaban J connectivity index is 3.37. The number of aliphatic hydroxyl groups is 1. The van der Waals surface area contributed by atoms with E-state index in [1.807, 2.05) is 0 Å². The molecule has 1 N–H and O–H groups in total. The van der Waals surface area contributed by atoms with Gasteiger partial charge in [0.1, 0.15) is 10.8 Å². The van der Waals surface area contributed by atoms with Crippen LogP contribution in [0.1, 0.15) is 6.92 Å². The van der Waals surface area contributed by atoms with Gasteiger partial charge in [-0.15, -0.1) is 0 Å². The molecule has 0 heterocycles. The summed E-state index contributed by atoms with van der Waals surface area (Å²) in [6.45, 7) is 1.41. The van der Waals surface area contributed by atoms with Gasteiger partial charge in [-0.05, 0) is 6.92 Å². The van der Waals surface area contributed by atoms with Gasteiger partial charge in [-0.25, -0.2) is 0 Å². The third-order valence-corrected chi connectivity index (χ3v) is 2.30. The predicted octanol–water partition coefficient (Wildman–Crippen LogP) is 1.66. The van der Waals surface area contributed by atoms with Crippen LogP contribution in [0.3, 0.4) is 0 Å². The van der Waals surface area contributed by atoms with Gasteiger partial charge >= 0.3 is 0 Å². The number of carbonyl (C=O) groups excluding carboxylic acids is 2. The average molecular weight is 207 g/mol. The van der Waals surface area contributed by atoms with E-state index in [-0.39, 0.29) is 10.6 Å². The van der Waals surface area contributed by atoms with E-state index in [4.69, 9.17) is 28.3 Å². The summed E-state index contributed by atoms with van der Waals surface area (Å²) < 4.78 is 0. The van der Waals surface area contributed by atoms with Crippen LogP contribution in [0.25, 0.3) is 0 Å². The molecule has 12 heavy (non-hydrogen) atoms. The summed E-state index contributed by atoms with van der Waals surface area (Å²) in [5, 5.41) is 8.39. The van der Waals surface area contributed by atoms with Crippen molar-refractivity contribution in [2.45, 2.75) is 6.92 Å². The smallest absolute Gasteiger partial charge is 0.249 e. The standard InChI is InChI=1S/C7H4Cl2O3/c1-2-3(8)6(11)7(12)4(9)5(2)10/h10H,1H3. The maximum Gasteiger partial charge on any atom is 0.249 e. The van der Waals surface area contributed by atoms with E-state index in [0.29, 0.717) is 0 Å². The van der Waals surface area contributed by atoms with Crippen molar-refractivity contribution in [1.82, 2.24) is 0 Å². The summed E-state index contributed by atoms with van der Waals surface area (Å²) in [5.74, 6) is -2.27. The maximum absolute atomic E-state index is 10.9. The zero-order chi connectivity index (χ0) is 9.46. The van der Waals surface area contributed by atoms with Gasteiger partial charge in [0.15, 0.2) is 0 Å². The normalized spacial score (nSPS) is 19.2. The number of hydrogen-bond acceptors (Lipinski definition) is 3. The molecule has 1 aliphatic rings. The van der Waals surface area contributed by atoms with Gasteiger partial charge in [-0.3, -0.25) is 9.59 Å². The molecular formula is C7H4Cl2O3. The van der Waals surface area contributed by atoms with Crippen molar-refractivity contribution in [3.63, 3.8) is 0 Å². The lowest BCUT2D eigenvalue weighted by Gasteiger charge is -2.10. The fourth-order valence-electron chi connectivity index (χ4n) is 0.746. The van der Waals surface area contributed by atoms with Crippen molar-refractivity contribution in [2.75, 3.05) is 0 Å². The Hall–Kier alpha value is -0.800. The third-order valence-electron chi connectivity index (χ3n) is 1.50. The van der Waals surface area contributed by atoms with Crippen LogP contribution >= 0.6 is 23.2 Å². The summed E-state index contributed by atoms with van der Waals surface area (Å²) in [6, 6.07) is 0. The van der Waals surface area contributed by atoms with Gasteiger partial charge in [0.05, 0.1) is 5.03 Å². The largest absolute Gasteiger partial charge is 0.506 e. The molecule has 0 unspecified atom stereocenters. The Labute approximate surface area is 78.3 Å². The van der Waals surface area contributed by atoms with Crippen LogP contribution in [0.4, 0.5) is 0 Å². The van der Waals surface area contributed by atoms with E-state index in [9.17, 15) is 9.59 Å². The number of halogens is 2. The summed E-state index contributed by atoms with van der Waals surface area (Å²) in [6.07, 6.45) is 0. The van der Waals surface area contributed by atoms with E-state index < -0.39 is 22.4 Å². The average Bonchev–Trinajstić information content (AvgIpc) is 2.08. The number of aliphatic hydroxyl groups excluding tert-OH is 1. The van der Waals surface area contributed by atoms with Crippen LogP contribution in [0.2, 0.25) is 0 Å². The van der Waals surface area contributed by atoms with Crippen LogP contribution in [-0.4, -0.2) is 16.7 Å². The second-order valence-corrected chi connectivity index (χ2v) is 3.02. The van der Waals surface area contributed by atoms with E-state index >= 15 is 0 Å². The van der Waals surface area contributed by atoms with Gasteiger partial charge in [0.2, 0.25) is 11.6 Å².